The van der Waals surface area contributed by atoms with Gasteiger partial charge in [0.25, 0.3) is 0 Å². The summed E-state index contributed by atoms with van der Waals surface area (Å²) < 4.78 is 29.1. The largest absolute Gasteiger partial charge is 0.372 e. The minimum atomic E-state index is -2.85. The maximum Gasteiger partial charge on any atom is 0.150 e. The second kappa shape index (κ2) is 6.07. The Kier molecular flexibility index (Phi) is 4.33. The summed E-state index contributed by atoms with van der Waals surface area (Å²) in [6.45, 7) is 4.41. The van der Waals surface area contributed by atoms with Crippen LogP contribution in [0.15, 0.2) is 18.2 Å². The molecule has 0 saturated carbocycles. The van der Waals surface area contributed by atoms with Gasteiger partial charge in [0, 0.05) is 6.04 Å². The maximum absolute atomic E-state index is 11.8. The van der Waals surface area contributed by atoms with Crippen LogP contribution in [0.1, 0.15) is 42.5 Å². The van der Waals surface area contributed by atoms with Crippen LogP contribution in [-0.4, -0.2) is 26.5 Å². The molecule has 0 bridgehead atoms. The Balaban J connectivity index is 1.85. The Morgan fingerprint density at radius 3 is 2.86 bits per heavy atom. The van der Waals surface area contributed by atoms with E-state index in [9.17, 15) is 8.42 Å². The highest BCUT2D eigenvalue weighted by atomic mass is 32.2. The molecule has 1 fully saturated rings. The monoisotopic (exact) mass is 309 g/mol. The summed E-state index contributed by atoms with van der Waals surface area (Å²) in [5, 5.41) is 3.55. The summed E-state index contributed by atoms with van der Waals surface area (Å²) in [5.41, 5.74) is 3.71. The zero-order valence-electron chi connectivity index (χ0n) is 12.5. The van der Waals surface area contributed by atoms with E-state index < -0.39 is 9.84 Å². The first kappa shape index (κ1) is 15.0. The number of hydrogen-bond acceptors (Lipinski definition) is 4. The van der Waals surface area contributed by atoms with Crippen LogP contribution in [-0.2, 0) is 27.8 Å². The standard InChI is InChI=1S/C16H23NO3S/c1-2-6-17-16(14-5-7-21(18,19)11-14)12-3-4-13-9-20-10-15(13)8-12/h3-4,8,14,16-17H,2,5-7,9-11H2,1H3. The topological polar surface area (TPSA) is 55.4 Å². The van der Waals surface area contributed by atoms with Crippen LogP contribution in [0.2, 0.25) is 0 Å². The highest BCUT2D eigenvalue weighted by Gasteiger charge is 2.34. The van der Waals surface area contributed by atoms with Crippen molar-refractivity contribution in [1.82, 2.24) is 5.32 Å². The van der Waals surface area contributed by atoms with Crippen molar-refractivity contribution in [2.45, 2.75) is 39.0 Å². The number of rotatable bonds is 5. The van der Waals surface area contributed by atoms with Crippen molar-refractivity contribution in [3.05, 3.63) is 34.9 Å². The molecule has 2 heterocycles. The molecule has 1 aromatic carbocycles. The molecule has 0 spiro atoms. The summed E-state index contributed by atoms with van der Waals surface area (Å²) >= 11 is 0. The normalized spacial score (nSPS) is 24.9. The average molecular weight is 309 g/mol. The van der Waals surface area contributed by atoms with E-state index in [1.165, 1.54) is 16.7 Å². The molecule has 1 saturated heterocycles. The van der Waals surface area contributed by atoms with Gasteiger partial charge < -0.3 is 10.1 Å². The van der Waals surface area contributed by atoms with Gasteiger partial charge in [-0.15, -0.1) is 0 Å². The van der Waals surface area contributed by atoms with E-state index in [-0.39, 0.29) is 12.0 Å². The van der Waals surface area contributed by atoms with Crippen LogP contribution in [0, 0.1) is 5.92 Å². The second-order valence-corrected chi connectivity index (χ2v) is 8.34. The molecule has 116 valence electrons. The fourth-order valence-corrected chi connectivity index (χ4v) is 5.17. The molecule has 2 unspecified atom stereocenters. The second-order valence-electron chi connectivity index (χ2n) is 6.12. The third-order valence-electron chi connectivity index (χ3n) is 4.46. The number of benzene rings is 1. The van der Waals surface area contributed by atoms with Gasteiger partial charge in [-0.05, 0) is 42.0 Å². The molecule has 2 aliphatic rings. The number of hydrogen-bond donors (Lipinski definition) is 1. The molecule has 2 aliphatic heterocycles. The van der Waals surface area contributed by atoms with Gasteiger partial charge in [-0.25, -0.2) is 8.42 Å². The molecule has 4 nitrogen and oxygen atoms in total. The molecule has 2 atom stereocenters. The lowest BCUT2D eigenvalue weighted by atomic mass is 9.90. The SMILES string of the molecule is CCCNC(c1ccc2c(c1)COC2)C1CCS(=O)(=O)C1. The summed E-state index contributed by atoms with van der Waals surface area (Å²) in [7, 11) is -2.85. The molecule has 0 aromatic heterocycles. The van der Waals surface area contributed by atoms with Gasteiger partial charge in [-0.2, -0.15) is 0 Å². The Labute approximate surface area is 126 Å². The van der Waals surface area contributed by atoms with Gasteiger partial charge in [0.15, 0.2) is 9.84 Å². The number of nitrogens with one attached hydrogen (secondary N) is 1. The first-order chi connectivity index (χ1) is 10.1. The van der Waals surface area contributed by atoms with Crippen LogP contribution in [0.4, 0.5) is 0 Å². The smallest absolute Gasteiger partial charge is 0.150 e. The van der Waals surface area contributed by atoms with Crippen LogP contribution in [0.5, 0.6) is 0 Å². The molecule has 21 heavy (non-hydrogen) atoms. The van der Waals surface area contributed by atoms with E-state index in [1.54, 1.807) is 0 Å². The fourth-order valence-electron chi connectivity index (χ4n) is 3.33. The molecule has 0 radical (unpaired) electrons. The van der Waals surface area contributed by atoms with Gasteiger partial charge in [0.05, 0.1) is 24.7 Å². The molecule has 0 amide bonds. The lowest BCUT2D eigenvalue weighted by Gasteiger charge is -2.25. The maximum atomic E-state index is 11.8. The van der Waals surface area contributed by atoms with Crippen LogP contribution in [0.3, 0.4) is 0 Å². The molecule has 3 rings (SSSR count). The first-order valence-electron chi connectivity index (χ1n) is 7.72. The lowest BCUT2D eigenvalue weighted by Crippen LogP contribution is -2.30. The van der Waals surface area contributed by atoms with E-state index in [4.69, 9.17) is 4.74 Å². The van der Waals surface area contributed by atoms with Crippen molar-refractivity contribution < 1.29 is 13.2 Å². The van der Waals surface area contributed by atoms with Crippen molar-refractivity contribution in [2.75, 3.05) is 18.1 Å². The third kappa shape index (κ3) is 3.30. The summed E-state index contributed by atoms with van der Waals surface area (Å²) in [6.07, 6.45) is 1.81. The van der Waals surface area contributed by atoms with Gasteiger partial charge in [-0.1, -0.05) is 25.1 Å². The molecule has 1 N–H and O–H groups in total. The number of fused-ring (bicyclic) bond motifs is 1. The van der Waals surface area contributed by atoms with Crippen LogP contribution < -0.4 is 5.32 Å². The van der Waals surface area contributed by atoms with Gasteiger partial charge >= 0.3 is 0 Å². The molecular weight excluding hydrogens is 286 g/mol. The van der Waals surface area contributed by atoms with E-state index in [1.807, 2.05) is 0 Å². The summed E-state index contributed by atoms with van der Waals surface area (Å²) in [6, 6.07) is 6.59. The highest BCUT2D eigenvalue weighted by Crippen LogP contribution is 2.33. The van der Waals surface area contributed by atoms with E-state index in [0.29, 0.717) is 24.7 Å². The average Bonchev–Trinajstić information content (AvgIpc) is 3.05. The van der Waals surface area contributed by atoms with E-state index in [0.717, 1.165) is 19.4 Å². The van der Waals surface area contributed by atoms with E-state index >= 15 is 0 Å². The minimum absolute atomic E-state index is 0.133. The van der Waals surface area contributed by atoms with Crippen LogP contribution >= 0.6 is 0 Å². The molecule has 0 aliphatic carbocycles. The zero-order valence-corrected chi connectivity index (χ0v) is 13.3. The van der Waals surface area contributed by atoms with Crippen molar-refractivity contribution in [3.8, 4) is 0 Å². The summed E-state index contributed by atoms with van der Waals surface area (Å²) in [4.78, 5) is 0. The zero-order chi connectivity index (χ0) is 14.9. The van der Waals surface area contributed by atoms with Crippen molar-refractivity contribution in [1.29, 1.82) is 0 Å². The Hall–Kier alpha value is -0.910. The minimum Gasteiger partial charge on any atom is -0.372 e. The van der Waals surface area contributed by atoms with Gasteiger partial charge in [-0.3, -0.25) is 0 Å². The van der Waals surface area contributed by atoms with Crippen molar-refractivity contribution >= 4 is 9.84 Å². The highest BCUT2D eigenvalue weighted by molar-refractivity contribution is 7.91. The van der Waals surface area contributed by atoms with Crippen molar-refractivity contribution in [2.24, 2.45) is 5.92 Å². The fraction of sp³-hybridized carbons (Fsp3) is 0.625. The number of ether oxygens (including phenoxy) is 1. The predicted molar refractivity (Wildman–Crippen MR) is 82.7 cm³/mol. The Bertz CT molecular complexity index is 612. The Morgan fingerprint density at radius 2 is 2.14 bits per heavy atom. The predicted octanol–water partition coefficient (Wildman–Crippen LogP) is 2.19. The van der Waals surface area contributed by atoms with E-state index in [2.05, 4.69) is 30.4 Å². The lowest BCUT2D eigenvalue weighted by molar-refractivity contribution is 0.134. The quantitative estimate of drug-likeness (QED) is 0.906. The van der Waals surface area contributed by atoms with Crippen LogP contribution in [0.25, 0.3) is 0 Å². The van der Waals surface area contributed by atoms with Gasteiger partial charge in [0.2, 0.25) is 0 Å². The molecule has 1 aromatic rings. The van der Waals surface area contributed by atoms with Gasteiger partial charge in [0.1, 0.15) is 0 Å². The first-order valence-corrected chi connectivity index (χ1v) is 9.54. The Morgan fingerprint density at radius 1 is 1.33 bits per heavy atom. The molecular formula is C16H23NO3S. The summed E-state index contributed by atoms with van der Waals surface area (Å²) in [5.74, 6) is 0.819. The van der Waals surface area contributed by atoms with Crippen molar-refractivity contribution in [3.63, 3.8) is 0 Å². The molecule has 5 heteroatoms. The third-order valence-corrected chi connectivity index (χ3v) is 6.25. The number of sulfone groups is 1.